The Balaban J connectivity index is 2.85. The van der Waals surface area contributed by atoms with E-state index in [1.54, 1.807) is 0 Å². The zero-order valence-electron chi connectivity index (χ0n) is 3.91. The summed E-state index contributed by atoms with van der Waals surface area (Å²) in [7, 11) is 0. The van der Waals surface area contributed by atoms with E-state index in [9.17, 15) is 0 Å². The molecule has 0 heterocycles. The van der Waals surface area contributed by atoms with E-state index in [4.69, 9.17) is 1.37 Å². The van der Waals surface area contributed by atoms with Gasteiger partial charge in [-0.3, -0.25) is 0 Å². The number of rotatable bonds is 0. The topological polar surface area (TPSA) is 0 Å². The predicted octanol–water partition coefficient (Wildman–Crippen LogP) is 1.58. The molecule has 0 atom stereocenters. The Bertz CT molecular complexity index is 38.9. The van der Waals surface area contributed by atoms with Gasteiger partial charge in [-0.2, -0.15) is 0 Å². The molecule has 0 unspecified atom stereocenters. The van der Waals surface area contributed by atoms with Crippen LogP contribution in [-0.4, -0.2) is 0 Å². The Morgan fingerprint density at radius 2 is 2.50 bits per heavy atom. The second-order valence-corrected chi connectivity index (χ2v) is 0.957. The van der Waals surface area contributed by atoms with Gasteiger partial charge in [0.15, 0.2) is 0 Å². The second kappa shape index (κ2) is 1.10. The molecule has 24 valence electrons. The van der Waals surface area contributed by atoms with Crippen molar-refractivity contribution in [2.24, 2.45) is 0 Å². The minimum absolute atomic E-state index is 0.361. The highest BCUT2D eigenvalue weighted by atomic mass is 13.6. The zero-order valence-corrected chi connectivity index (χ0v) is 2.91. The lowest BCUT2D eigenvalue weighted by Gasteiger charge is -1.65. The summed E-state index contributed by atoms with van der Waals surface area (Å²) in [5.74, 6) is 0. The van der Waals surface area contributed by atoms with Gasteiger partial charge in [-0.15, -0.1) is 6.58 Å². The van der Waals surface area contributed by atoms with Gasteiger partial charge in [0, 0.05) is 1.37 Å². The van der Waals surface area contributed by atoms with Gasteiger partial charge in [-0.25, -0.2) is 0 Å². The molecule has 0 saturated carbocycles. The molecule has 0 aromatic rings. The molecular formula is C4H8. The van der Waals surface area contributed by atoms with Crippen molar-refractivity contribution in [3.63, 3.8) is 0 Å². The summed E-state index contributed by atoms with van der Waals surface area (Å²) in [6.45, 7) is 5.69. The Kier molecular flexibility index (Phi) is 0.555. The molecule has 0 aliphatic rings. The maximum atomic E-state index is 6.56. The van der Waals surface area contributed by atoms with Gasteiger partial charge in [-0.1, -0.05) is 5.57 Å². The maximum absolute atomic E-state index is 6.56. The molecule has 0 nitrogen and oxygen atoms in total. The monoisotopic (exact) mass is 58.1 g/mol. The van der Waals surface area contributed by atoms with Gasteiger partial charge >= 0.3 is 0 Å². The highest BCUT2D eigenvalue weighted by Crippen LogP contribution is 1.73. The van der Waals surface area contributed by atoms with Crippen molar-refractivity contribution in [3.05, 3.63) is 12.2 Å². The first-order chi connectivity index (χ1) is 2.27. The van der Waals surface area contributed by atoms with Crippen molar-refractivity contribution >= 4 is 0 Å². The summed E-state index contributed by atoms with van der Waals surface area (Å²) in [5, 5.41) is 0. The summed E-state index contributed by atoms with van der Waals surface area (Å²) >= 11 is 0. The van der Waals surface area contributed by atoms with E-state index in [0.29, 0.717) is 6.90 Å². The summed E-state index contributed by atoms with van der Waals surface area (Å²) in [5.41, 5.74) is 0.921. The first kappa shape index (κ1) is 2.01. The average Bonchev–Trinajstić information content (AvgIpc) is 1.38. The van der Waals surface area contributed by atoms with E-state index in [0.717, 1.165) is 5.57 Å². The SMILES string of the molecule is [3H]CC(=C)C. The van der Waals surface area contributed by atoms with Crippen molar-refractivity contribution in [3.8, 4) is 0 Å². The third-order valence-electron chi connectivity index (χ3n) is 0. The fourth-order valence-corrected chi connectivity index (χ4v) is 0. The van der Waals surface area contributed by atoms with Gasteiger partial charge in [0.25, 0.3) is 0 Å². The normalized spacial score (nSPS) is 9.75. The Labute approximate surface area is 28.5 Å². The molecule has 0 aliphatic heterocycles. The molecule has 0 aliphatic carbocycles. The van der Waals surface area contributed by atoms with E-state index >= 15 is 0 Å². The van der Waals surface area contributed by atoms with E-state index in [1.807, 2.05) is 6.92 Å². The quantitative estimate of drug-likeness (QED) is 0.371. The summed E-state index contributed by atoms with van der Waals surface area (Å²) in [6, 6.07) is 0. The Hall–Kier alpha value is -0.260. The largest absolute Gasteiger partial charge is 0.100 e. The highest BCUT2D eigenvalue weighted by Gasteiger charge is 1.51. The third-order valence-corrected chi connectivity index (χ3v) is 0. The molecule has 0 N–H and O–H groups in total. The van der Waals surface area contributed by atoms with Crippen molar-refractivity contribution in [1.29, 1.82) is 0 Å². The lowest BCUT2D eigenvalue weighted by Crippen LogP contribution is -1.43. The minimum Gasteiger partial charge on any atom is -0.100 e. The van der Waals surface area contributed by atoms with Gasteiger partial charge in [0.05, 0.1) is 0 Å². The molecular weight excluding hydrogens is 48.0 g/mol. The van der Waals surface area contributed by atoms with Crippen molar-refractivity contribution in [2.45, 2.75) is 13.8 Å². The number of hydrogen-bond acceptors (Lipinski definition) is 0. The van der Waals surface area contributed by atoms with Crippen LogP contribution in [-0.2, 0) is 0 Å². The fourth-order valence-electron chi connectivity index (χ4n) is 0. The van der Waals surface area contributed by atoms with Crippen LogP contribution in [0.25, 0.3) is 0 Å². The third kappa shape index (κ3) is 14.1. The van der Waals surface area contributed by atoms with E-state index in [-0.39, 0.29) is 0 Å². The van der Waals surface area contributed by atoms with Crippen LogP contribution >= 0.6 is 0 Å². The van der Waals surface area contributed by atoms with Crippen LogP contribution in [0.2, 0.25) is 0 Å². The molecule has 0 aromatic carbocycles. The molecule has 0 fully saturated rings. The van der Waals surface area contributed by atoms with Gasteiger partial charge in [0.1, 0.15) is 0 Å². The molecule has 0 heteroatoms. The van der Waals surface area contributed by atoms with E-state index in [1.165, 1.54) is 0 Å². The number of hydrogen-bond donors (Lipinski definition) is 0. The maximum Gasteiger partial charge on any atom is 0.0276 e. The average molecular weight is 58.1 g/mol. The highest BCUT2D eigenvalue weighted by molar-refractivity contribution is 4.78. The first-order valence-corrected chi connectivity index (χ1v) is 1.21. The van der Waals surface area contributed by atoms with Crippen LogP contribution in [0.4, 0.5) is 0 Å². The standard InChI is InChI=1S/C4H8/c1-4(2)3/h1H2,2-3H3/i2T. The number of allylic oxidation sites excluding steroid dienone is 1. The summed E-state index contributed by atoms with van der Waals surface area (Å²) in [4.78, 5) is 0. The van der Waals surface area contributed by atoms with Crippen LogP contribution in [0.15, 0.2) is 12.2 Å². The lowest BCUT2D eigenvalue weighted by molar-refractivity contribution is 1.42. The predicted molar refractivity (Wildman–Crippen MR) is 20.5 cm³/mol. The molecule has 0 bridgehead atoms. The first-order valence-electron chi connectivity index (χ1n) is 1.91. The fraction of sp³-hybridized carbons (Fsp3) is 0.500. The minimum atomic E-state index is 0.361. The Morgan fingerprint density at radius 3 is 2.50 bits per heavy atom. The van der Waals surface area contributed by atoms with Crippen molar-refractivity contribution in [2.75, 3.05) is 0 Å². The zero-order chi connectivity index (χ0) is 4.28. The molecule has 0 amide bonds. The summed E-state index contributed by atoms with van der Waals surface area (Å²) in [6.07, 6.45) is 0. The second-order valence-electron chi connectivity index (χ2n) is 0.957. The summed E-state index contributed by atoms with van der Waals surface area (Å²) < 4.78 is 6.56. The smallest absolute Gasteiger partial charge is 0.0276 e. The van der Waals surface area contributed by atoms with Crippen LogP contribution in [0.5, 0.6) is 0 Å². The van der Waals surface area contributed by atoms with Crippen LogP contribution in [0.3, 0.4) is 0 Å². The lowest BCUT2D eigenvalue weighted by atomic mass is 10.4. The molecule has 0 rings (SSSR count). The van der Waals surface area contributed by atoms with Crippen LogP contribution in [0.1, 0.15) is 15.2 Å². The molecule has 0 spiro atoms. The van der Waals surface area contributed by atoms with Crippen molar-refractivity contribution < 1.29 is 1.37 Å². The Morgan fingerprint density at radius 1 is 2.25 bits per heavy atom. The van der Waals surface area contributed by atoms with Gasteiger partial charge < -0.3 is 0 Å². The van der Waals surface area contributed by atoms with E-state index in [2.05, 4.69) is 6.58 Å². The molecule has 0 radical (unpaired) electrons. The van der Waals surface area contributed by atoms with Gasteiger partial charge in [-0.05, 0) is 13.8 Å². The molecule has 0 aromatic heterocycles. The molecule has 0 saturated heterocycles. The van der Waals surface area contributed by atoms with Crippen LogP contribution < -0.4 is 0 Å². The van der Waals surface area contributed by atoms with Crippen molar-refractivity contribution in [1.82, 2.24) is 0 Å². The van der Waals surface area contributed by atoms with Gasteiger partial charge in [0.2, 0.25) is 0 Å². The van der Waals surface area contributed by atoms with Crippen LogP contribution in [0, 0.1) is 0 Å². The molecule has 4 heavy (non-hydrogen) atoms. The van der Waals surface area contributed by atoms with E-state index < -0.39 is 0 Å².